The van der Waals surface area contributed by atoms with E-state index in [-0.39, 0.29) is 30.5 Å². The number of rotatable bonds is 5. The molecule has 0 atom stereocenters. The van der Waals surface area contributed by atoms with Crippen molar-refractivity contribution in [2.24, 2.45) is 5.92 Å². The zero-order chi connectivity index (χ0) is 13.9. The summed E-state index contributed by atoms with van der Waals surface area (Å²) in [7, 11) is 0. The molecule has 2 rings (SSSR count). The van der Waals surface area contributed by atoms with Crippen LogP contribution in [0.25, 0.3) is 0 Å². The minimum atomic E-state index is -4.40. The average molecular weight is 309 g/mol. The molecule has 2 N–H and O–H groups in total. The molecule has 1 aliphatic carbocycles. The van der Waals surface area contributed by atoms with E-state index in [4.69, 9.17) is 0 Å². The van der Waals surface area contributed by atoms with Gasteiger partial charge in [0.05, 0.1) is 12.1 Å². The number of carbonyl (C=O) groups excluding carboxylic acids is 1. The first-order valence-electron chi connectivity index (χ1n) is 6.13. The van der Waals surface area contributed by atoms with E-state index in [9.17, 15) is 18.0 Å². The first-order valence-corrected chi connectivity index (χ1v) is 6.13. The van der Waals surface area contributed by atoms with E-state index in [1.807, 2.05) is 0 Å². The van der Waals surface area contributed by atoms with Crippen molar-refractivity contribution in [3.05, 3.63) is 29.8 Å². The lowest BCUT2D eigenvalue weighted by Gasteiger charge is -2.10. The maximum atomic E-state index is 12.5. The first-order chi connectivity index (χ1) is 8.95. The number of anilines is 1. The van der Waals surface area contributed by atoms with Crippen LogP contribution in [0.3, 0.4) is 0 Å². The van der Waals surface area contributed by atoms with Crippen LogP contribution in [0, 0.1) is 5.92 Å². The Kier molecular flexibility index (Phi) is 5.83. The van der Waals surface area contributed by atoms with Crippen molar-refractivity contribution in [1.82, 2.24) is 5.32 Å². The molecule has 0 unspecified atom stereocenters. The maximum absolute atomic E-state index is 12.5. The van der Waals surface area contributed by atoms with Crippen molar-refractivity contribution in [3.8, 4) is 0 Å². The first kappa shape index (κ1) is 16.8. The van der Waals surface area contributed by atoms with Gasteiger partial charge in [0.25, 0.3) is 0 Å². The number of benzene rings is 1. The molecular weight excluding hydrogens is 293 g/mol. The molecule has 112 valence electrons. The molecule has 0 radical (unpaired) electrons. The average Bonchev–Trinajstić information content (AvgIpc) is 3.12. The number of alkyl halides is 3. The van der Waals surface area contributed by atoms with Gasteiger partial charge in [-0.25, -0.2) is 0 Å². The number of halogens is 4. The van der Waals surface area contributed by atoms with Gasteiger partial charge < -0.3 is 10.6 Å². The highest BCUT2D eigenvalue weighted by Crippen LogP contribution is 2.30. The fourth-order valence-electron chi connectivity index (χ4n) is 1.69. The number of amides is 1. The van der Waals surface area contributed by atoms with Crippen LogP contribution in [-0.2, 0) is 11.0 Å². The van der Waals surface area contributed by atoms with E-state index >= 15 is 0 Å². The summed E-state index contributed by atoms with van der Waals surface area (Å²) < 4.78 is 37.4. The minimum Gasteiger partial charge on any atom is -0.325 e. The van der Waals surface area contributed by atoms with E-state index in [1.165, 1.54) is 25.0 Å². The third-order valence-electron chi connectivity index (χ3n) is 2.89. The van der Waals surface area contributed by atoms with E-state index in [1.54, 1.807) is 0 Å². The molecule has 1 aromatic carbocycles. The van der Waals surface area contributed by atoms with E-state index in [0.29, 0.717) is 5.92 Å². The van der Waals surface area contributed by atoms with Crippen molar-refractivity contribution in [3.63, 3.8) is 0 Å². The molecule has 1 aromatic rings. The Bertz CT molecular complexity index is 461. The van der Waals surface area contributed by atoms with Gasteiger partial charge in [0.15, 0.2) is 0 Å². The fraction of sp³-hybridized carbons (Fsp3) is 0.462. The Morgan fingerprint density at radius 1 is 1.30 bits per heavy atom. The highest BCUT2D eigenvalue weighted by atomic mass is 35.5. The molecule has 0 aliphatic heterocycles. The van der Waals surface area contributed by atoms with Gasteiger partial charge in [-0.05, 0) is 43.5 Å². The second kappa shape index (κ2) is 6.95. The Hall–Kier alpha value is -1.27. The quantitative estimate of drug-likeness (QED) is 0.878. The van der Waals surface area contributed by atoms with Crippen molar-refractivity contribution < 1.29 is 18.0 Å². The normalized spacial score (nSPS) is 14.6. The van der Waals surface area contributed by atoms with Gasteiger partial charge >= 0.3 is 6.18 Å². The predicted molar refractivity (Wildman–Crippen MR) is 72.9 cm³/mol. The van der Waals surface area contributed by atoms with Crippen molar-refractivity contribution in [2.75, 3.05) is 18.4 Å². The smallest absolute Gasteiger partial charge is 0.325 e. The van der Waals surface area contributed by atoms with E-state index in [0.717, 1.165) is 18.7 Å². The zero-order valence-electron chi connectivity index (χ0n) is 10.7. The molecule has 1 fully saturated rings. The van der Waals surface area contributed by atoms with Gasteiger partial charge in [-0.1, -0.05) is 6.07 Å². The van der Waals surface area contributed by atoms with Crippen LogP contribution < -0.4 is 10.6 Å². The van der Waals surface area contributed by atoms with Crippen molar-refractivity contribution in [2.45, 2.75) is 19.0 Å². The predicted octanol–water partition coefficient (Wildman–Crippen LogP) is 3.07. The molecule has 0 aromatic heterocycles. The zero-order valence-corrected chi connectivity index (χ0v) is 11.5. The minimum absolute atomic E-state index is 0. The molecule has 1 aliphatic rings. The highest BCUT2D eigenvalue weighted by Gasteiger charge is 2.30. The molecule has 0 saturated heterocycles. The standard InChI is InChI=1S/C13H15F3N2O.ClH/c14-13(15,16)10-2-1-3-11(6-10)18-12(19)8-17-7-9-4-5-9;/h1-3,6,9,17H,4-5,7-8H2,(H,18,19);1H. The molecule has 3 nitrogen and oxygen atoms in total. The summed E-state index contributed by atoms with van der Waals surface area (Å²) in [5.41, 5.74) is -0.607. The second-order valence-electron chi connectivity index (χ2n) is 4.70. The van der Waals surface area contributed by atoms with Gasteiger partial charge in [-0.15, -0.1) is 12.4 Å². The summed E-state index contributed by atoms with van der Waals surface area (Å²) in [6, 6.07) is 4.61. The largest absolute Gasteiger partial charge is 0.416 e. The Balaban J connectivity index is 0.00000200. The SMILES string of the molecule is Cl.O=C(CNCC1CC1)Nc1cccc(C(F)(F)F)c1. The molecule has 0 spiro atoms. The van der Waals surface area contributed by atoms with Crippen LogP contribution in [0.5, 0.6) is 0 Å². The summed E-state index contributed by atoms with van der Waals surface area (Å²) in [5, 5.41) is 5.43. The lowest BCUT2D eigenvalue weighted by molar-refractivity contribution is -0.137. The Morgan fingerprint density at radius 2 is 2.00 bits per heavy atom. The third kappa shape index (κ3) is 5.38. The summed E-state index contributed by atoms with van der Waals surface area (Å²) in [6.07, 6.45) is -2.03. The number of nitrogens with one attached hydrogen (secondary N) is 2. The monoisotopic (exact) mass is 308 g/mol. The van der Waals surface area contributed by atoms with Crippen LogP contribution in [0.2, 0.25) is 0 Å². The lowest BCUT2D eigenvalue weighted by atomic mass is 10.2. The molecule has 0 heterocycles. The van der Waals surface area contributed by atoms with Gasteiger partial charge in [0.2, 0.25) is 5.91 Å². The molecular formula is C13H16ClF3N2O. The van der Waals surface area contributed by atoms with Gasteiger partial charge in [-0.2, -0.15) is 13.2 Å². The van der Waals surface area contributed by atoms with E-state index < -0.39 is 11.7 Å². The second-order valence-corrected chi connectivity index (χ2v) is 4.70. The number of hydrogen-bond acceptors (Lipinski definition) is 2. The summed E-state index contributed by atoms with van der Waals surface area (Å²) in [4.78, 5) is 11.5. The highest BCUT2D eigenvalue weighted by molar-refractivity contribution is 5.92. The van der Waals surface area contributed by atoms with Gasteiger partial charge in [0, 0.05) is 5.69 Å². The maximum Gasteiger partial charge on any atom is 0.416 e. The van der Waals surface area contributed by atoms with Crippen molar-refractivity contribution >= 4 is 24.0 Å². The third-order valence-corrected chi connectivity index (χ3v) is 2.89. The van der Waals surface area contributed by atoms with Crippen LogP contribution >= 0.6 is 12.4 Å². The van der Waals surface area contributed by atoms with Crippen molar-refractivity contribution in [1.29, 1.82) is 0 Å². The fourth-order valence-corrected chi connectivity index (χ4v) is 1.69. The molecule has 1 saturated carbocycles. The molecule has 7 heteroatoms. The van der Waals surface area contributed by atoms with Gasteiger partial charge in [-0.3, -0.25) is 4.79 Å². The number of hydrogen-bond donors (Lipinski definition) is 2. The number of carbonyl (C=O) groups is 1. The van der Waals surface area contributed by atoms with Crippen LogP contribution in [0.1, 0.15) is 18.4 Å². The molecule has 20 heavy (non-hydrogen) atoms. The van der Waals surface area contributed by atoms with Crippen LogP contribution in [0.4, 0.5) is 18.9 Å². The topological polar surface area (TPSA) is 41.1 Å². The van der Waals surface area contributed by atoms with Crippen LogP contribution in [0.15, 0.2) is 24.3 Å². The van der Waals surface area contributed by atoms with E-state index in [2.05, 4.69) is 10.6 Å². The lowest BCUT2D eigenvalue weighted by Crippen LogP contribution is -2.29. The molecule has 0 bridgehead atoms. The molecule has 1 amide bonds. The van der Waals surface area contributed by atoms with Gasteiger partial charge in [0.1, 0.15) is 0 Å². The Labute approximate surface area is 121 Å². The summed E-state index contributed by atoms with van der Waals surface area (Å²) in [6.45, 7) is 0.906. The summed E-state index contributed by atoms with van der Waals surface area (Å²) >= 11 is 0. The summed E-state index contributed by atoms with van der Waals surface area (Å²) in [5.74, 6) is 0.321. The van der Waals surface area contributed by atoms with Crippen LogP contribution in [-0.4, -0.2) is 19.0 Å². The Morgan fingerprint density at radius 3 is 2.60 bits per heavy atom.